The van der Waals surface area contributed by atoms with Crippen LogP contribution in [0, 0.1) is 0 Å². The normalized spacial score (nSPS) is 11.8. The Balaban J connectivity index is 2.60. The molecule has 96 valence electrons. The first-order valence-electron chi connectivity index (χ1n) is 5.23. The molecule has 0 aliphatic heterocycles. The second-order valence-electron chi connectivity index (χ2n) is 3.97. The average molecular weight is 296 g/mol. The highest BCUT2D eigenvalue weighted by Gasteiger charge is 2.15. The van der Waals surface area contributed by atoms with Gasteiger partial charge in [-0.25, -0.2) is 8.42 Å². The highest BCUT2D eigenvalue weighted by molar-refractivity contribution is 7.92. The summed E-state index contributed by atoms with van der Waals surface area (Å²) >= 11 is 11.8. The van der Waals surface area contributed by atoms with Gasteiger partial charge in [-0.15, -0.1) is 0 Å². The number of nitrogens with one attached hydrogen (secondary N) is 1. The van der Waals surface area contributed by atoms with Gasteiger partial charge in [0.05, 0.1) is 21.7 Å². The molecule has 0 aliphatic rings. The third kappa shape index (κ3) is 4.37. The van der Waals surface area contributed by atoms with E-state index in [2.05, 4.69) is 5.32 Å². The summed E-state index contributed by atoms with van der Waals surface area (Å²) in [5.41, 5.74) is 0.651. The van der Waals surface area contributed by atoms with E-state index in [1.54, 1.807) is 32.0 Å². The molecular formula is C11H15Cl2NO2S. The molecule has 0 atom stereocenters. The van der Waals surface area contributed by atoms with Crippen LogP contribution in [0.15, 0.2) is 18.2 Å². The number of hydrogen-bond acceptors (Lipinski definition) is 3. The van der Waals surface area contributed by atoms with Gasteiger partial charge in [-0.2, -0.15) is 0 Å². The van der Waals surface area contributed by atoms with E-state index in [4.69, 9.17) is 23.2 Å². The fraction of sp³-hybridized carbons (Fsp3) is 0.455. The van der Waals surface area contributed by atoms with Gasteiger partial charge in [0.2, 0.25) is 0 Å². The zero-order valence-corrected chi connectivity index (χ0v) is 12.0. The third-order valence-electron chi connectivity index (χ3n) is 2.35. The van der Waals surface area contributed by atoms with E-state index in [1.165, 1.54) is 0 Å². The predicted molar refractivity (Wildman–Crippen MR) is 73.9 cm³/mol. The molecule has 0 fully saturated rings. The summed E-state index contributed by atoms with van der Waals surface area (Å²) in [5.74, 6) is 0.0769. The Hall–Kier alpha value is -0.450. The van der Waals surface area contributed by atoms with Crippen molar-refractivity contribution in [3.63, 3.8) is 0 Å². The molecule has 0 aromatic heterocycles. The van der Waals surface area contributed by atoms with E-state index in [0.717, 1.165) is 0 Å². The van der Waals surface area contributed by atoms with Crippen LogP contribution >= 0.6 is 23.2 Å². The van der Waals surface area contributed by atoms with Gasteiger partial charge < -0.3 is 5.32 Å². The zero-order chi connectivity index (χ0) is 13.1. The molecule has 0 saturated heterocycles. The van der Waals surface area contributed by atoms with Crippen molar-refractivity contribution in [2.45, 2.75) is 19.1 Å². The highest BCUT2D eigenvalue weighted by Crippen LogP contribution is 2.25. The molecule has 0 heterocycles. The molecule has 0 bridgehead atoms. The minimum Gasteiger partial charge on any atom is -0.383 e. The van der Waals surface area contributed by atoms with Gasteiger partial charge in [0.15, 0.2) is 9.84 Å². The largest absolute Gasteiger partial charge is 0.383 e. The standard InChI is InChI=1S/C11H15Cl2NO2S/c1-8(2)17(15,16)6-5-14-11-7-9(12)3-4-10(11)13/h3-4,7-8,14H,5-6H2,1-2H3. The average Bonchev–Trinajstić information content (AvgIpc) is 2.22. The second-order valence-corrected chi connectivity index (χ2v) is 7.49. The van der Waals surface area contributed by atoms with Gasteiger partial charge in [0.25, 0.3) is 0 Å². The molecule has 1 rings (SSSR count). The van der Waals surface area contributed by atoms with E-state index in [-0.39, 0.29) is 11.0 Å². The lowest BCUT2D eigenvalue weighted by Crippen LogP contribution is -2.23. The third-order valence-corrected chi connectivity index (χ3v) is 5.12. The number of benzene rings is 1. The Bertz CT molecular complexity index is 486. The molecule has 0 unspecified atom stereocenters. The minimum atomic E-state index is -3.03. The number of hydrogen-bond donors (Lipinski definition) is 1. The summed E-state index contributed by atoms with van der Waals surface area (Å²) in [4.78, 5) is 0. The number of anilines is 1. The maximum Gasteiger partial charge on any atom is 0.154 e. The number of halogens is 2. The summed E-state index contributed by atoms with van der Waals surface area (Å²) in [5, 5.41) is 3.69. The Kier molecular flexibility index (Phi) is 5.10. The van der Waals surface area contributed by atoms with Crippen LogP contribution in [-0.4, -0.2) is 26.0 Å². The van der Waals surface area contributed by atoms with E-state index >= 15 is 0 Å². The van der Waals surface area contributed by atoms with Crippen LogP contribution in [0.4, 0.5) is 5.69 Å². The van der Waals surface area contributed by atoms with Gasteiger partial charge in [-0.1, -0.05) is 23.2 Å². The Morgan fingerprint density at radius 3 is 2.53 bits per heavy atom. The predicted octanol–water partition coefficient (Wildman–Crippen LogP) is 3.23. The van der Waals surface area contributed by atoms with Gasteiger partial charge in [0.1, 0.15) is 0 Å². The summed E-state index contributed by atoms with van der Waals surface area (Å²) in [6.07, 6.45) is 0. The van der Waals surface area contributed by atoms with E-state index in [0.29, 0.717) is 22.3 Å². The Labute approximate surface area is 112 Å². The molecule has 0 saturated carbocycles. The van der Waals surface area contributed by atoms with Crippen LogP contribution in [0.1, 0.15) is 13.8 Å². The molecule has 0 spiro atoms. The van der Waals surface area contributed by atoms with Gasteiger partial charge in [-0.3, -0.25) is 0 Å². The summed E-state index contributed by atoms with van der Waals surface area (Å²) in [6.45, 7) is 3.66. The van der Waals surface area contributed by atoms with E-state index in [9.17, 15) is 8.42 Å². The van der Waals surface area contributed by atoms with Crippen LogP contribution in [0.2, 0.25) is 10.0 Å². The molecule has 1 aromatic rings. The summed E-state index contributed by atoms with van der Waals surface area (Å²) < 4.78 is 23.1. The van der Waals surface area contributed by atoms with Crippen LogP contribution < -0.4 is 5.32 Å². The van der Waals surface area contributed by atoms with Crippen LogP contribution in [0.3, 0.4) is 0 Å². The molecule has 1 aromatic carbocycles. The smallest absolute Gasteiger partial charge is 0.154 e. The van der Waals surface area contributed by atoms with Crippen molar-refractivity contribution in [2.75, 3.05) is 17.6 Å². The maximum atomic E-state index is 11.6. The molecule has 1 N–H and O–H groups in total. The topological polar surface area (TPSA) is 46.2 Å². The highest BCUT2D eigenvalue weighted by atomic mass is 35.5. The van der Waals surface area contributed by atoms with Crippen molar-refractivity contribution in [1.82, 2.24) is 0 Å². The summed E-state index contributed by atoms with van der Waals surface area (Å²) in [6, 6.07) is 5.02. The summed E-state index contributed by atoms with van der Waals surface area (Å²) in [7, 11) is -3.03. The second kappa shape index (κ2) is 5.94. The molecular weight excluding hydrogens is 281 g/mol. The minimum absolute atomic E-state index is 0.0769. The lowest BCUT2D eigenvalue weighted by atomic mass is 10.3. The van der Waals surface area contributed by atoms with Crippen LogP contribution in [-0.2, 0) is 9.84 Å². The van der Waals surface area contributed by atoms with Gasteiger partial charge in [0, 0.05) is 11.6 Å². The van der Waals surface area contributed by atoms with Crippen LogP contribution in [0.25, 0.3) is 0 Å². The SMILES string of the molecule is CC(C)S(=O)(=O)CCNc1cc(Cl)ccc1Cl. The van der Waals surface area contributed by atoms with Crippen LogP contribution in [0.5, 0.6) is 0 Å². The van der Waals surface area contributed by atoms with Crippen molar-refractivity contribution in [3.05, 3.63) is 28.2 Å². The van der Waals surface area contributed by atoms with E-state index < -0.39 is 9.84 Å². The number of rotatable bonds is 5. The first-order chi connectivity index (χ1) is 7.83. The molecule has 0 aliphatic carbocycles. The molecule has 0 radical (unpaired) electrons. The fourth-order valence-corrected chi connectivity index (χ4v) is 2.41. The Morgan fingerprint density at radius 1 is 1.29 bits per heavy atom. The Morgan fingerprint density at radius 2 is 1.94 bits per heavy atom. The zero-order valence-electron chi connectivity index (χ0n) is 9.70. The van der Waals surface area contributed by atoms with Crippen molar-refractivity contribution in [1.29, 1.82) is 0 Å². The first-order valence-corrected chi connectivity index (χ1v) is 7.70. The fourth-order valence-electron chi connectivity index (χ4n) is 1.20. The molecule has 6 heteroatoms. The first kappa shape index (κ1) is 14.6. The molecule has 0 amide bonds. The van der Waals surface area contributed by atoms with Crippen molar-refractivity contribution in [2.24, 2.45) is 0 Å². The van der Waals surface area contributed by atoms with Crippen molar-refractivity contribution < 1.29 is 8.42 Å². The maximum absolute atomic E-state index is 11.6. The monoisotopic (exact) mass is 295 g/mol. The molecule has 17 heavy (non-hydrogen) atoms. The van der Waals surface area contributed by atoms with Gasteiger partial charge >= 0.3 is 0 Å². The quantitative estimate of drug-likeness (QED) is 0.907. The van der Waals surface area contributed by atoms with Crippen molar-refractivity contribution >= 4 is 38.7 Å². The van der Waals surface area contributed by atoms with Crippen molar-refractivity contribution in [3.8, 4) is 0 Å². The van der Waals surface area contributed by atoms with Gasteiger partial charge in [-0.05, 0) is 32.0 Å². The lowest BCUT2D eigenvalue weighted by Gasteiger charge is -2.10. The lowest BCUT2D eigenvalue weighted by molar-refractivity contribution is 0.588. The van der Waals surface area contributed by atoms with E-state index in [1.807, 2.05) is 0 Å². The molecule has 3 nitrogen and oxygen atoms in total. The number of sulfone groups is 1.